The Morgan fingerprint density at radius 1 is 1.12 bits per heavy atom. The Kier molecular flexibility index (Phi) is 6.26. The van der Waals surface area contributed by atoms with Crippen LogP contribution in [0, 0.1) is 38.7 Å². The van der Waals surface area contributed by atoms with Gasteiger partial charge in [0.1, 0.15) is 30.1 Å². The number of hydrogen-bond acceptors (Lipinski definition) is 9. The van der Waals surface area contributed by atoms with Crippen LogP contribution in [0.4, 0.5) is 11.4 Å². The molecule has 0 bridgehead atoms. The summed E-state index contributed by atoms with van der Waals surface area (Å²) in [5, 5.41) is 36.2. The SMILES string of the molecule is N#C/C(=C/c1ccc(Oc2ccc([N+](=O)[O-])cn2)cc1)C1=NN(c2ccccc2)[C@@H](N)[C@H]1C#N. The summed E-state index contributed by atoms with van der Waals surface area (Å²) in [5.74, 6) is -0.108. The van der Waals surface area contributed by atoms with E-state index in [0.717, 1.165) is 11.9 Å². The maximum atomic E-state index is 10.7. The normalized spacial score (nSPS) is 17.4. The fraction of sp³-hybridized carbons (Fsp3) is 0.0833. The van der Waals surface area contributed by atoms with Gasteiger partial charge in [0.2, 0.25) is 5.88 Å². The summed E-state index contributed by atoms with van der Waals surface area (Å²) in [6, 6.07) is 23.0. The maximum absolute atomic E-state index is 10.7. The number of rotatable bonds is 6. The van der Waals surface area contributed by atoms with Crippen LogP contribution in [-0.2, 0) is 0 Å². The minimum Gasteiger partial charge on any atom is -0.439 e. The second-order valence-electron chi connectivity index (χ2n) is 7.22. The quantitative estimate of drug-likeness (QED) is 0.335. The monoisotopic (exact) mass is 451 g/mol. The van der Waals surface area contributed by atoms with E-state index < -0.39 is 17.0 Å². The Balaban J connectivity index is 1.55. The van der Waals surface area contributed by atoms with Crippen molar-refractivity contribution in [2.75, 3.05) is 5.01 Å². The van der Waals surface area contributed by atoms with Crippen molar-refractivity contribution in [1.29, 1.82) is 10.5 Å². The topological polar surface area (TPSA) is 154 Å². The summed E-state index contributed by atoms with van der Waals surface area (Å²) in [6.07, 6.45) is 2.02. The lowest BCUT2D eigenvalue weighted by atomic mass is 9.95. The van der Waals surface area contributed by atoms with Gasteiger partial charge in [-0.1, -0.05) is 30.3 Å². The van der Waals surface area contributed by atoms with Gasteiger partial charge in [0.15, 0.2) is 0 Å². The van der Waals surface area contributed by atoms with Gasteiger partial charge >= 0.3 is 0 Å². The number of benzene rings is 2. The third-order valence-electron chi connectivity index (χ3n) is 5.04. The van der Waals surface area contributed by atoms with Gasteiger partial charge < -0.3 is 10.5 Å². The van der Waals surface area contributed by atoms with Crippen molar-refractivity contribution in [3.63, 3.8) is 0 Å². The maximum Gasteiger partial charge on any atom is 0.287 e. The number of nitrogens with two attached hydrogens (primary N) is 1. The molecule has 2 heterocycles. The van der Waals surface area contributed by atoms with Crippen molar-refractivity contribution < 1.29 is 9.66 Å². The second kappa shape index (κ2) is 9.61. The molecule has 10 nitrogen and oxygen atoms in total. The molecular formula is C24H17N7O3. The molecule has 0 aliphatic carbocycles. The first-order valence-electron chi connectivity index (χ1n) is 10.1. The number of pyridine rings is 1. The van der Waals surface area contributed by atoms with E-state index in [1.165, 1.54) is 12.1 Å². The van der Waals surface area contributed by atoms with Gasteiger partial charge in [0.25, 0.3) is 5.69 Å². The molecule has 1 aliphatic rings. The number of ether oxygens (including phenoxy) is 1. The molecular weight excluding hydrogens is 434 g/mol. The molecule has 0 amide bonds. The molecule has 2 atom stereocenters. The van der Waals surface area contributed by atoms with E-state index in [9.17, 15) is 20.6 Å². The summed E-state index contributed by atoms with van der Waals surface area (Å²) < 4.78 is 5.60. The first kappa shape index (κ1) is 22.1. The number of allylic oxidation sites excluding steroid dienone is 1. The highest BCUT2D eigenvalue weighted by Crippen LogP contribution is 2.29. The van der Waals surface area contributed by atoms with E-state index in [1.54, 1.807) is 35.4 Å². The van der Waals surface area contributed by atoms with Gasteiger partial charge in [-0.05, 0) is 35.9 Å². The van der Waals surface area contributed by atoms with Gasteiger partial charge in [-0.15, -0.1) is 0 Å². The van der Waals surface area contributed by atoms with Gasteiger partial charge in [0.05, 0.1) is 28.0 Å². The highest BCUT2D eigenvalue weighted by Gasteiger charge is 2.37. The van der Waals surface area contributed by atoms with E-state index >= 15 is 0 Å². The van der Waals surface area contributed by atoms with Gasteiger partial charge in [0, 0.05) is 12.1 Å². The Hall–Kier alpha value is -5.06. The standard InChI is InChI=1S/C24H17N7O3/c25-13-17(23-21(14-26)24(27)30(29-23)18-4-2-1-3-5-18)12-16-6-9-20(10-7-16)34-22-11-8-19(15-28-22)31(32)33/h1-12,15,21,24H,27H2/b17-12-/t21-,24+/m0/s1. The van der Waals surface area contributed by atoms with Crippen molar-refractivity contribution in [3.05, 3.63) is 94.2 Å². The summed E-state index contributed by atoms with van der Waals surface area (Å²) in [5.41, 5.74) is 8.06. The molecule has 0 radical (unpaired) electrons. The number of nitriles is 2. The van der Waals surface area contributed by atoms with Crippen molar-refractivity contribution >= 4 is 23.2 Å². The number of aromatic nitrogens is 1. The van der Waals surface area contributed by atoms with Crippen LogP contribution in [0.25, 0.3) is 6.08 Å². The molecule has 2 N–H and O–H groups in total. The van der Waals surface area contributed by atoms with Gasteiger partial charge in [-0.3, -0.25) is 10.1 Å². The van der Waals surface area contributed by atoms with Crippen LogP contribution in [0.3, 0.4) is 0 Å². The number of anilines is 1. The number of hydrogen-bond donors (Lipinski definition) is 1. The lowest BCUT2D eigenvalue weighted by molar-refractivity contribution is -0.385. The molecule has 0 fully saturated rings. The summed E-state index contributed by atoms with van der Waals surface area (Å²) in [7, 11) is 0. The van der Waals surface area contributed by atoms with E-state index in [1.807, 2.05) is 30.3 Å². The average Bonchev–Trinajstić information content (AvgIpc) is 3.20. The first-order chi connectivity index (χ1) is 16.5. The molecule has 166 valence electrons. The van der Waals surface area contributed by atoms with Crippen LogP contribution >= 0.6 is 0 Å². The van der Waals surface area contributed by atoms with Crippen LogP contribution < -0.4 is 15.5 Å². The van der Waals surface area contributed by atoms with Crippen LogP contribution in [0.5, 0.6) is 11.6 Å². The van der Waals surface area contributed by atoms with Gasteiger partial charge in [-0.25, -0.2) is 9.99 Å². The molecule has 3 aromatic rings. The molecule has 0 saturated heterocycles. The molecule has 34 heavy (non-hydrogen) atoms. The lowest BCUT2D eigenvalue weighted by Gasteiger charge is -2.21. The lowest BCUT2D eigenvalue weighted by Crippen LogP contribution is -2.40. The Morgan fingerprint density at radius 3 is 2.44 bits per heavy atom. The second-order valence-corrected chi connectivity index (χ2v) is 7.22. The van der Waals surface area contributed by atoms with E-state index in [4.69, 9.17) is 10.5 Å². The zero-order valence-corrected chi connectivity index (χ0v) is 17.6. The van der Waals surface area contributed by atoms with Crippen LogP contribution in [-0.4, -0.2) is 21.8 Å². The zero-order valence-electron chi connectivity index (χ0n) is 17.6. The van der Waals surface area contributed by atoms with E-state index in [-0.39, 0.29) is 17.1 Å². The predicted molar refractivity (Wildman–Crippen MR) is 124 cm³/mol. The van der Waals surface area contributed by atoms with Crippen LogP contribution in [0.2, 0.25) is 0 Å². The molecule has 0 unspecified atom stereocenters. The van der Waals surface area contributed by atoms with Crippen molar-refractivity contribution in [2.24, 2.45) is 16.8 Å². The molecule has 10 heteroatoms. The number of nitro groups is 1. The first-order valence-corrected chi connectivity index (χ1v) is 10.1. The predicted octanol–water partition coefficient (Wildman–Crippen LogP) is 3.99. The fourth-order valence-electron chi connectivity index (χ4n) is 3.34. The molecule has 0 saturated carbocycles. The minimum absolute atomic E-state index is 0.132. The Labute approximate surface area is 194 Å². The average molecular weight is 451 g/mol. The van der Waals surface area contributed by atoms with E-state index in [0.29, 0.717) is 17.0 Å². The van der Waals surface area contributed by atoms with Crippen LogP contribution in [0.15, 0.2) is 83.6 Å². The smallest absolute Gasteiger partial charge is 0.287 e. The molecule has 1 aliphatic heterocycles. The third kappa shape index (κ3) is 4.58. The highest BCUT2D eigenvalue weighted by atomic mass is 16.6. The van der Waals surface area contributed by atoms with Crippen molar-refractivity contribution in [2.45, 2.75) is 6.17 Å². The summed E-state index contributed by atoms with van der Waals surface area (Å²) in [6.45, 7) is 0. The Morgan fingerprint density at radius 2 is 1.85 bits per heavy atom. The minimum atomic E-state index is -0.776. The largest absolute Gasteiger partial charge is 0.439 e. The zero-order chi connectivity index (χ0) is 24.1. The third-order valence-corrected chi connectivity index (χ3v) is 5.04. The summed E-state index contributed by atoms with van der Waals surface area (Å²) in [4.78, 5) is 14.1. The van der Waals surface area contributed by atoms with Crippen molar-refractivity contribution in [1.82, 2.24) is 4.98 Å². The van der Waals surface area contributed by atoms with Crippen molar-refractivity contribution in [3.8, 4) is 23.8 Å². The number of para-hydroxylation sites is 1. The molecule has 1 aromatic heterocycles. The molecule has 2 aromatic carbocycles. The fourth-order valence-corrected chi connectivity index (χ4v) is 3.34. The molecule has 4 rings (SSSR count). The molecule has 0 spiro atoms. The van der Waals surface area contributed by atoms with Crippen LogP contribution in [0.1, 0.15) is 5.56 Å². The Bertz CT molecular complexity index is 1340. The highest BCUT2D eigenvalue weighted by molar-refractivity contribution is 6.11. The van der Waals surface area contributed by atoms with E-state index in [2.05, 4.69) is 22.2 Å². The van der Waals surface area contributed by atoms with Gasteiger partial charge in [-0.2, -0.15) is 15.6 Å². The number of hydrazone groups is 1. The number of nitrogens with zero attached hydrogens (tertiary/aromatic N) is 6. The summed E-state index contributed by atoms with van der Waals surface area (Å²) >= 11 is 0.